The lowest BCUT2D eigenvalue weighted by molar-refractivity contribution is -0.143. The zero-order valence-corrected chi connectivity index (χ0v) is 22.9. The summed E-state index contributed by atoms with van der Waals surface area (Å²) in [6.07, 6.45) is 4.57. The molecule has 0 bridgehead atoms. The number of hydrogen-bond donors (Lipinski definition) is 1. The van der Waals surface area contributed by atoms with Crippen LogP contribution in [0.25, 0.3) is 10.8 Å². The van der Waals surface area contributed by atoms with Gasteiger partial charge in [-0.15, -0.1) is 0 Å². The molecule has 0 heterocycles. The molecule has 1 N–H and O–H groups in total. The number of fused-ring (bicyclic) bond motifs is 1. The van der Waals surface area contributed by atoms with Crippen molar-refractivity contribution in [3.63, 3.8) is 0 Å². The van der Waals surface area contributed by atoms with E-state index in [1.54, 1.807) is 12.0 Å². The maximum Gasteiger partial charge on any atom is 0.261 e. The van der Waals surface area contributed by atoms with Crippen LogP contribution in [-0.2, 0) is 22.6 Å². The maximum atomic E-state index is 14.0. The minimum Gasteiger partial charge on any atom is -0.497 e. The fraction of sp³-hybridized carbons (Fsp3) is 0.294. The van der Waals surface area contributed by atoms with E-state index in [0.717, 1.165) is 47.6 Å². The van der Waals surface area contributed by atoms with E-state index >= 15 is 0 Å². The molecule has 0 spiro atoms. The Balaban J connectivity index is 1.44. The number of benzene rings is 4. The third-order valence-electron chi connectivity index (χ3n) is 7.56. The molecule has 1 aliphatic carbocycles. The van der Waals surface area contributed by atoms with E-state index in [0.29, 0.717) is 17.9 Å². The summed E-state index contributed by atoms with van der Waals surface area (Å²) in [7, 11) is 1.62. The van der Waals surface area contributed by atoms with Gasteiger partial charge in [-0.2, -0.15) is 0 Å². The van der Waals surface area contributed by atoms with Crippen molar-refractivity contribution in [2.45, 2.75) is 50.7 Å². The second kappa shape index (κ2) is 13.2. The summed E-state index contributed by atoms with van der Waals surface area (Å²) in [6.45, 7) is 0.0739. The van der Waals surface area contributed by atoms with Gasteiger partial charge >= 0.3 is 0 Å². The van der Waals surface area contributed by atoms with Gasteiger partial charge in [0.1, 0.15) is 17.5 Å². The molecule has 1 unspecified atom stereocenters. The average Bonchev–Trinajstić information content (AvgIpc) is 3.51. The van der Waals surface area contributed by atoms with E-state index < -0.39 is 6.04 Å². The van der Waals surface area contributed by atoms with Crippen molar-refractivity contribution in [3.8, 4) is 11.5 Å². The van der Waals surface area contributed by atoms with Crippen LogP contribution in [0.1, 0.15) is 36.8 Å². The van der Waals surface area contributed by atoms with Crippen molar-refractivity contribution in [2.75, 3.05) is 13.7 Å². The molecule has 1 aliphatic rings. The van der Waals surface area contributed by atoms with Crippen LogP contribution in [0.5, 0.6) is 11.5 Å². The third kappa shape index (κ3) is 6.81. The van der Waals surface area contributed by atoms with Crippen LogP contribution >= 0.6 is 0 Å². The molecule has 206 valence electrons. The molecule has 1 saturated carbocycles. The minimum atomic E-state index is -0.696. The first-order valence-corrected chi connectivity index (χ1v) is 14.0. The number of carbonyl (C=O) groups is 2. The standard InChI is InChI=1S/C34H36N2O4/c1-39-29-18-9-13-26(21-29)23-36(33(37)24-40-32-20-10-15-27-14-5-8-19-30(27)32)31(22-25-11-3-2-4-12-25)34(38)35-28-16-6-7-17-28/h2-5,8-15,18-21,28,31H,6-7,16-17,22-24H2,1H3,(H,35,38). The molecule has 4 aromatic rings. The summed E-state index contributed by atoms with van der Waals surface area (Å²) < 4.78 is 11.5. The first-order valence-electron chi connectivity index (χ1n) is 14.0. The van der Waals surface area contributed by atoms with Crippen LogP contribution < -0.4 is 14.8 Å². The van der Waals surface area contributed by atoms with E-state index in [9.17, 15) is 9.59 Å². The molecular weight excluding hydrogens is 500 g/mol. The highest BCUT2D eigenvalue weighted by molar-refractivity contribution is 5.90. The fourth-order valence-corrected chi connectivity index (χ4v) is 5.43. The predicted molar refractivity (Wildman–Crippen MR) is 157 cm³/mol. The molecule has 1 atom stereocenters. The van der Waals surface area contributed by atoms with Gasteiger partial charge in [-0.25, -0.2) is 0 Å². The van der Waals surface area contributed by atoms with Gasteiger partial charge in [-0.3, -0.25) is 9.59 Å². The number of rotatable bonds is 11. The number of methoxy groups -OCH3 is 1. The van der Waals surface area contributed by atoms with Gasteiger partial charge in [-0.05, 0) is 47.6 Å². The largest absolute Gasteiger partial charge is 0.497 e. The van der Waals surface area contributed by atoms with E-state index in [1.807, 2.05) is 97.1 Å². The van der Waals surface area contributed by atoms with Crippen molar-refractivity contribution < 1.29 is 19.1 Å². The quantitative estimate of drug-likeness (QED) is 0.258. The Kier molecular flexibility index (Phi) is 8.96. The van der Waals surface area contributed by atoms with Crippen molar-refractivity contribution >= 4 is 22.6 Å². The van der Waals surface area contributed by atoms with E-state index in [1.165, 1.54) is 0 Å². The second-order valence-corrected chi connectivity index (χ2v) is 10.3. The molecule has 6 nitrogen and oxygen atoms in total. The van der Waals surface area contributed by atoms with Crippen LogP contribution in [0, 0.1) is 0 Å². The Hall–Kier alpha value is -4.32. The summed E-state index contributed by atoms with van der Waals surface area (Å²) in [5.41, 5.74) is 1.87. The Labute approximate surface area is 235 Å². The van der Waals surface area contributed by atoms with E-state index in [4.69, 9.17) is 9.47 Å². The SMILES string of the molecule is COc1cccc(CN(C(=O)COc2cccc3ccccc23)C(Cc2ccccc2)C(=O)NC2CCCC2)c1. The Bertz CT molecular complexity index is 1430. The molecule has 6 heteroatoms. The lowest BCUT2D eigenvalue weighted by Crippen LogP contribution is -2.53. The third-order valence-corrected chi connectivity index (χ3v) is 7.56. The second-order valence-electron chi connectivity index (χ2n) is 10.3. The van der Waals surface area contributed by atoms with Gasteiger partial charge in [0.15, 0.2) is 6.61 Å². The van der Waals surface area contributed by atoms with Crippen molar-refractivity contribution in [1.82, 2.24) is 10.2 Å². The van der Waals surface area contributed by atoms with Gasteiger partial charge in [0.25, 0.3) is 5.91 Å². The summed E-state index contributed by atoms with van der Waals surface area (Å²) in [4.78, 5) is 29.5. The van der Waals surface area contributed by atoms with Crippen LogP contribution in [-0.4, -0.2) is 42.5 Å². The fourth-order valence-electron chi connectivity index (χ4n) is 5.43. The molecule has 2 amide bonds. The lowest BCUT2D eigenvalue weighted by atomic mass is 10.0. The molecule has 40 heavy (non-hydrogen) atoms. The monoisotopic (exact) mass is 536 g/mol. The molecule has 0 radical (unpaired) electrons. The predicted octanol–water partition coefficient (Wildman–Crippen LogP) is 5.93. The molecule has 1 fully saturated rings. The lowest BCUT2D eigenvalue weighted by Gasteiger charge is -2.32. The van der Waals surface area contributed by atoms with Gasteiger partial charge in [0, 0.05) is 24.4 Å². The van der Waals surface area contributed by atoms with E-state index in [2.05, 4.69) is 5.32 Å². The molecular formula is C34H36N2O4. The number of nitrogens with zero attached hydrogens (tertiary/aromatic N) is 1. The van der Waals surface area contributed by atoms with Crippen molar-refractivity contribution in [2.24, 2.45) is 0 Å². The van der Waals surface area contributed by atoms with Crippen LogP contribution in [0.2, 0.25) is 0 Å². The number of amides is 2. The first-order chi connectivity index (χ1) is 19.6. The maximum absolute atomic E-state index is 14.0. The minimum absolute atomic E-state index is 0.128. The zero-order chi connectivity index (χ0) is 27.7. The molecule has 0 saturated heterocycles. The van der Waals surface area contributed by atoms with Crippen LogP contribution in [0.3, 0.4) is 0 Å². The summed E-state index contributed by atoms with van der Waals surface area (Å²) in [5, 5.41) is 5.22. The van der Waals surface area contributed by atoms with Gasteiger partial charge in [-0.1, -0.05) is 91.7 Å². The topological polar surface area (TPSA) is 67.9 Å². The smallest absolute Gasteiger partial charge is 0.261 e. The highest BCUT2D eigenvalue weighted by atomic mass is 16.5. The summed E-state index contributed by atoms with van der Waals surface area (Å²) in [5.74, 6) is 0.963. The van der Waals surface area contributed by atoms with Crippen molar-refractivity contribution in [1.29, 1.82) is 0 Å². The van der Waals surface area contributed by atoms with Crippen molar-refractivity contribution in [3.05, 3.63) is 108 Å². The van der Waals surface area contributed by atoms with Gasteiger partial charge in [0.2, 0.25) is 5.91 Å². The summed E-state index contributed by atoms with van der Waals surface area (Å²) >= 11 is 0. The Morgan fingerprint density at radius 2 is 1.57 bits per heavy atom. The highest BCUT2D eigenvalue weighted by Crippen LogP contribution is 2.26. The van der Waals surface area contributed by atoms with Gasteiger partial charge in [0.05, 0.1) is 7.11 Å². The number of carbonyl (C=O) groups excluding carboxylic acids is 2. The number of ether oxygens (including phenoxy) is 2. The number of hydrogen-bond acceptors (Lipinski definition) is 4. The molecule has 4 aromatic carbocycles. The van der Waals surface area contributed by atoms with Crippen LogP contribution in [0.4, 0.5) is 0 Å². The van der Waals surface area contributed by atoms with Crippen LogP contribution in [0.15, 0.2) is 97.1 Å². The van der Waals surface area contributed by atoms with E-state index in [-0.39, 0.29) is 31.0 Å². The molecule has 5 rings (SSSR count). The Morgan fingerprint density at radius 3 is 2.38 bits per heavy atom. The highest BCUT2D eigenvalue weighted by Gasteiger charge is 2.32. The number of nitrogens with one attached hydrogen (secondary N) is 1. The molecule has 0 aromatic heterocycles. The average molecular weight is 537 g/mol. The first kappa shape index (κ1) is 27.3. The van der Waals surface area contributed by atoms with Gasteiger partial charge < -0.3 is 19.7 Å². The normalized spacial score (nSPS) is 14.0. The Morgan fingerprint density at radius 1 is 0.875 bits per heavy atom. The molecule has 0 aliphatic heterocycles. The summed E-state index contributed by atoms with van der Waals surface area (Å²) in [6, 6.07) is 30.7. The zero-order valence-electron chi connectivity index (χ0n) is 22.9.